The normalized spacial score (nSPS) is 25.6. The van der Waals surface area contributed by atoms with Crippen molar-refractivity contribution >= 4 is 23.9 Å². The molecule has 13 heteroatoms. The van der Waals surface area contributed by atoms with Crippen LogP contribution < -0.4 is 20.7 Å². The van der Waals surface area contributed by atoms with Crippen molar-refractivity contribution in [1.29, 1.82) is 5.41 Å². The highest BCUT2D eigenvalue weighted by molar-refractivity contribution is 5.92. The molecule has 2 heterocycles. The van der Waals surface area contributed by atoms with Crippen LogP contribution in [0.5, 0.6) is 5.75 Å². The molecule has 0 aromatic heterocycles. The molecule has 0 bridgehead atoms. The minimum atomic E-state index is -1.81. The number of carbonyl (C=O) groups is 3. The summed E-state index contributed by atoms with van der Waals surface area (Å²) in [6.07, 6.45) is 12.4. The second-order valence-electron chi connectivity index (χ2n) is 14.9. The van der Waals surface area contributed by atoms with Gasteiger partial charge in [-0.2, -0.15) is 9.78 Å². The highest BCUT2D eigenvalue weighted by Gasteiger charge is 2.68. The Hall–Kier alpha value is -3.10. The number of methoxy groups -OCH3 is 1. The summed E-state index contributed by atoms with van der Waals surface area (Å²) in [6.45, 7) is 5.56. The van der Waals surface area contributed by atoms with Gasteiger partial charge in [-0.15, -0.1) is 0 Å². The molecule has 2 aliphatic heterocycles. The smallest absolute Gasteiger partial charge is 0.286 e. The number of nitrogens with one attached hydrogen (secondary N) is 4. The first kappa shape index (κ1) is 38.1. The number of amides is 3. The number of ether oxygens (including phenoxy) is 2. The lowest BCUT2D eigenvalue weighted by atomic mass is 9.69. The number of morpholine rings is 1. The Kier molecular flexibility index (Phi) is 13.3. The molecule has 5 N–H and O–H groups in total. The van der Waals surface area contributed by atoms with Gasteiger partial charge in [0.15, 0.2) is 5.60 Å². The number of carbonyl (C=O) groups excluding carboxylic acids is 3. The van der Waals surface area contributed by atoms with Gasteiger partial charge < -0.3 is 35.9 Å². The van der Waals surface area contributed by atoms with E-state index in [9.17, 15) is 19.5 Å². The summed E-state index contributed by atoms with van der Waals surface area (Å²) in [5, 5.41) is 27.8. The molecule has 1 aromatic rings. The lowest BCUT2D eigenvalue weighted by Crippen LogP contribution is -2.61. The Labute approximate surface area is 295 Å². The van der Waals surface area contributed by atoms with E-state index < -0.39 is 41.3 Å². The summed E-state index contributed by atoms with van der Waals surface area (Å²) in [7, 11) is 1.57. The van der Waals surface area contributed by atoms with Crippen LogP contribution in [0.15, 0.2) is 24.3 Å². The maximum absolute atomic E-state index is 14.2. The summed E-state index contributed by atoms with van der Waals surface area (Å²) >= 11 is 0. The Morgan fingerprint density at radius 3 is 2.22 bits per heavy atom. The molecule has 2 aliphatic carbocycles. The fourth-order valence-electron chi connectivity index (χ4n) is 8.02. The molecule has 4 aliphatic rings. The Morgan fingerprint density at radius 2 is 1.62 bits per heavy atom. The van der Waals surface area contributed by atoms with Crippen molar-refractivity contribution in [2.45, 2.75) is 114 Å². The monoisotopic (exact) mass is 699 g/mol. The molecule has 3 amide bonds. The van der Waals surface area contributed by atoms with Crippen molar-refractivity contribution < 1.29 is 38.7 Å². The molecule has 4 atom stereocenters. The molecule has 278 valence electrons. The maximum atomic E-state index is 14.2. The third kappa shape index (κ3) is 9.81. The zero-order valence-electron chi connectivity index (χ0n) is 29.9. The molecule has 1 aromatic carbocycles. The average Bonchev–Trinajstić information content (AvgIpc) is 3.95. The zero-order chi connectivity index (χ0) is 35.7. The molecule has 2 saturated heterocycles. The van der Waals surface area contributed by atoms with E-state index in [1.165, 1.54) is 39.0 Å². The van der Waals surface area contributed by atoms with Crippen molar-refractivity contribution in [3.05, 3.63) is 29.8 Å². The second-order valence-corrected chi connectivity index (χ2v) is 14.9. The molecular weight excluding hydrogens is 642 g/mol. The van der Waals surface area contributed by atoms with Crippen LogP contribution in [0.4, 0.5) is 0 Å². The maximum Gasteiger partial charge on any atom is 0.286 e. The van der Waals surface area contributed by atoms with E-state index in [0.717, 1.165) is 49.3 Å². The van der Waals surface area contributed by atoms with Crippen LogP contribution in [0.3, 0.4) is 0 Å². The number of benzene rings is 1. The van der Waals surface area contributed by atoms with Gasteiger partial charge in [0.05, 0.1) is 32.9 Å². The van der Waals surface area contributed by atoms with Crippen molar-refractivity contribution in [3.8, 4) is 5.75 Å². The van der Waals surface area contributed by atoms with Gasteiger partial charge in [-0.25, -0.2) is 0 Å². The van der Waals surface area contributed by atoms with Crippen molar-refractivity contribution in [3.63, 3.8) is 0 Å². The van der Waals surface area contributed by atoms with Crippen molar-refractivity contribution in [1.82, 2.24) is 20.9 Å². The lowest BCUT2D eigenvalue weighted by molar-refractivity contribution is -0.133. The molecule has 4 fully saturated rings. The van der Waals surface area contributed by atoms with Gasteiger partial charge >= 0.3 is 0 Å². The first-order chi connectivity index (χ1) is 24.0. The predicted molar refractivity (Wildman–Crippen MR) is 186 cm³/mol. The number of hydrogen-bond acceptors (Lipinski definition) is 10. The third-order valence-corrected chi connectivity index (χ3v) is 11.3. The Balaban J connectivity index is 1.28. The molecule has 0 radical (unpaired) electrons. The van der Waals surface area contributed by atoms with Crippen molar-refractivity contribution in [2.24, 2.45) is 17.8 Å². The van der Waals surface area contributed by atoms with Gasteiger partial charge in [-0.1, -0.05) is 57.1 Å². The number of aliphatic hydroxyl groups is 1. The summed E-state index contributed by atoms with van der Waals surface area (Å²) in [5.41, 5.74) is -1.02. The number of rotatable bonds is 16. The largest absolute Gasteiger partial charge is 0.497 e. The molecule has 2 saturated carbocycles. The minimum absolute atomic E-state index is 0.149. The summed E-state index contributed by atoms with van der Waals surface area (Å²) in [5.74, 6) is -0.452. The first-order valence-electron chi connectivity index (χ1n) is 18.5. The highest BCUT2D eigenvalue weighted by atomic mass is 17.4. The van der Waals surface area contributed by atoms with Gasteiger partial charge in [-0.3, -0.25) is 19.3 Å². The van der Waals surface area contributed by atoms with Crippen LogP contribution in [0, 0.1) is 23.2 Å². The average molecular weight is 700 g/mol. The van der Waals surface area contributed by atoms with Gasteiger partial charge in [0.2, 0.25) is 17.7 Å². The molecule has 0 spiro atoms. The van der Waals surface area contributed by atoms with Gasteiger partial charge in [-0.05, 0) is 68.6 Å². The topological polar surface area (TPSA) is 178 Å². The van der Waals surface area contributed by atoms with E-state index in [1.54, 1.807) is 26.2 Å². The SMILES string of the molecule is COc1ccc(C[C@H](NC(=O)[C@H](C)NC(=O)CN2CCOCC2)C(=O)N[C@@H](CC2CCC(C3CCCCC3)CC2)C2([C@](C)(O)C=N)OO2)cc1. The standard InChI is InChI=1S/C37H57N5O8/c1-25(39-33(43)23-42-17-19-48-20-18-42)34(44)40-31(21-26-11-15-30(47-3)16-12-26)35(45)41-32(37(49-50-37)36(2,46)24-38)22-27-9-13-29(14-10-27)28-7-5-4-6-8-28/h11-12,15-16,24-25,27-29,31-32,38,46H,4-10,13-14,17-23H2,1-3H3,(H,39,43)(H,40,44)(H,41,45)/t25-,27?,29?,31-,32-,36+/m0/s1. The van der Waals surface area contributed by atoms with E-state index in [-0.39, 0.29) is 24.8 Å². The van der Waals surface area contributed by atoms with E-state index in [0.29, 0.717) is 38.5 Å². The molecule has 50 heavy (non-hydrogen) atoms. The van der Waals surface area contributed by atoms with Gasteiger partial charge in [0.1, 0.15) is 17.8 Å². The predicted octanol–water partition coefficient (Wildman–Crippen LogP) is 2.88. The summed E-state index contributed by atoms with van der Waals surface area (Å²) in [6, 6.07) is 4.52. The quantitative estimate of drug-likeness (QED) is 0.0986. The molecule has 13 nitrogen and oxygen atoms in total. The molecule has 5 rings (SSSR count). The van der Waals surface area contributed by atoms with Crippen LogP contribution in [0.1, 0.15) is 83.6 Å². The molecular formula is C37H57N5O8. The third-order valence-electron chi connectivity index (χ3n) is 11.3. The number of hydrogen-bond donors (Lipinski definition) is 5. The van der Waals surface area contributed by atoms with E-state index in [4.69, 9.17) is 24.7 Å². The first-order valence-corrected chi connectivity index (χ1v) is 18.5. The van der Waals surface area contributed by atoms with Gasteiger partial charge in [0.25, 0.3) is 5.79 Å². The summed E-state index contributed by atoms with van der Waals surface area (Å²) in [4.78, 5) is 53.3. The van der Waals surface area contributed by atoms with Crippen molar-refractivity contribution in [2.75, 3.05) is 40.0 Å². The van der Waals surface area contributed by atoms with Gasteiger partial charge in [0, 0.05) is 25.7 Å². The van der Waals surface area contributed by atoms with Crippen LogP contribution in [0.2, 0.25) is 0 Å². The Bertz CT molecular complexity index is 1290. The van der Waals surface area contributed by atoms with E-state index in [2.05, 4.69) is 16.0 Å². The Morgan fingerprint density at radius 1 is 0.980 bits per heavy atom. The van der Waals surface area contributed by atoms with E-state index >= 15 is 0 Å². The van der Waals surface area contributed by atoms with E-state index in [1.807, 2.05) is 17.0 Å². The second kappa shape index (κ2) is 17.4. The van der Waals surface area contributed by atoms with Crippen LogP contribution in [0.25, 0.3) is 0 Å². The van der Waals surface area contributed by atoms with Crippen LogP contribution >= 0.6 is 0 Å². The zero-order valence-corrected chi connectivity index (χ0v) is 29.9. The fraction of sp³-hybridized carbons (Fsp3) is 0.730. The minimum Gasteiger partial charge on any atom is -0.497 e. The van der Waals surface area contributed by atoms with Crippen LogP contribution in [-0.4, -0.2) is 103 Å². The number of nitrogens with zero attached hydrogens (tertiary/aromatic N) is 1. The lowest BCUT2D eigenvalue weighted by Gasteiger charge is -2.38. The molecule has 0 unspecified atom stereocenters. The summed E-state index contributed by atoms with van der Waals surface area (Å²) < 4.78 is 10.6. The van der Waals surface area contributed by atoms with Crippen LogP contribution in [-0.2, 0) is 35.3 Å². The highest BCUT2D eigenvalue weighted by Crippen LogP contribution is 2.47. The fourth-order valence-corrected chi connectivity index (χ4v) is 8.02.